The number of carbonyl (C=O) groups excluding carboxylic acids is 2. The van der Waals surface area contributed by atoms with Crippen molar-refractivity contribution in [3.05, 3.63) is 53.4 Å². The number of benzene rings is 1. The van der Waals surface area contributed by atoms with Crippen molar-refractivity contribution in [2.45, 2.75) is 25.0 Å². The van der Waals surface area contributed by atoms with E-state index < -0.39 is 0 Å². The Kier molecular flexibility index (Phi) is 5.05. The molecule has 8 heteroatoms. The summed E-state index contributed by atoms with van der Waals surface area (Å²) in [4.78, 5) is 35.6. The van der Waals surface area contributed by atoms with E-state index >= 15 is 0 Å². The van der Waals surface area contributed by atoms with Crippen molar-refractivity contribution >= 4 is 29.2 Å². The highest BCUT2D eigenvalue weighted by Gasteiger charge is 2.44. The third-order valence-corrected chi connectivity index (χ3v) is 5.26. The molecule has 2 saturated heterocycles. The van der Waals surface area contributed by atoms with Crippen LogP contribution in [0.4, 0.5) is 5.82 Å². The highest BCUT2D eigenvalue weighted by molar-refractivity contribution is 6.30. The van der Waals surface area contributed by atoms with Crippen LogP contribution in [0.3, 0.4) is 0 Å². The van der Waals surface area contributed by atoms with Gasteiger partial charge in [-0.05, 0) is 31.0 Å². The lowest BCUT2D eigenvalue weighted by Gasteiger charge is -2.40. The predicted molar refractivity (Wildman–Crippen MR) is 99.4 cm³/mol. The Balaban J connectivity index is 1.54. The van der Waals surface area contributed by atoms with Gasteiger partial charge in [-0.3, -0.25) is 14.6 Å². The zero-order chi connectivity index (χ0) is 18.8. The molecule has 3 heterocycles. The molecule has 0 spiro atoms. The van der Waals surface area contributed by atoms with Gasteiger partial charge in [-0.15, -0.1) is 0 Å². The van der Waals surface area contributed by atoms with E-state index in [0.29, 0.717) is 36.0 Å². The second-order valence-electron chi connectivity index (χ2n) is 6.75. The Morgan fingerprint density at radius 1 is 1.30 bits per heavy atom. The van der Waals surface area contributed by atoms with E-state index in [1.165, 1.54) is 12.4 Å². The van der Waals surface area contributed by atoms with Gasteiger partial charge in [-0.2, -0.15) is 0 Å². The van der Waals surface area contributed by atoms with Gasteiger partial charge in [0.25, 0.3) is 5.91 Å². The minimum Gasteiger partial charge on any atom is -0.376 e. The highest BCUT2D eigenvalue weighted by Crippen LogP contribution is 2.33. The molecule has 0 unspecified atom stereocenters. The number of piperidine rings is 1. The molecule has 2 aliphatic heterocycles. The number of carbonyl (C=O) groups is 2. The number of halogens is 1. The average molecular weight is 387 g/mol. The predicted octanol–water partition coefficient (Wildman–Crippen LogP) is 2.39. The summed E-state index contributed by atoms with van der Waals surface area (Å²) in [5.41, 5.74) is 0.517. The monoisotopic (exact) mass is 386 g/mol. The second-order valence-corrected chi connectivity index (χ2v) is 7.18. The summed E-state index contributed by atoms with van der Waals surface area (Å²) in [5.74, 6) is -0.303. The smallest absolute Gasteiger partial charge is 0.254 e. The van der Waals surface area contributed by atoms with Crippen LogP contribution in [0, 0.1) is 5.92 Å². The average Bonchev–Trinajstić information content (AvgIpc) is 3.16. The van der Waals surface area contributed by atoms with Crippen LogP contribution >= 0.6 is 11.6 Å². The Morgan fingerprint density at radius 2 is 2.19 bits per heavy atom. The number of rotatable bonds is 3. The second kappa shape index (κ2) is 7.62. The zero-order valence-electron chi connectivity index (χ0n) is 14.5. The molecule has 7 nitrogen and oxygen atoms in total. The largest absolute Gasteiger partial charge is 0.376 e. The summed E-state index contributed by atoms with van der Waals surface area (Å²) >= 11 is 6.04. The lowest BCUT2D eigenvalue weighted by Crippen LogP contribution is -2.54. The van der Waals surface area contributed by atoms with Gasteiger partial charge in [0.1, 0.15) is 0 Å². The van der Waals surface area contributed by atoms with Crippen molar-refractivity contribution in [2.24, 2.45) is 5.92 Å². The Labute approximate surface area is 161 Å². The van der Waals surface area contributed by atoms with E-state index in [9.17, 15) is 9.59 Å². The fraction of sp³-hybridized carbons (Fsp3) is 0.368. The van der Waals surface area contributed by atoms with Gasteiger partial charge in [-0.1, -0.05) is 17.7 Å². The summed E-state index contributed by atoms with van der Waals surface area (Å²) in [5, 5.41) is 3.28. The van der Waals surface area contributed by atoms with Crippen LogP contribution in [-0.2, 0) is 9.53 Å². The fourth-order valence-electron chi connectivity index (χ4n) is 3.75. The fourth-order valence-corrected chi connectivity index (χ4v) is 3.94. The summed E-state index contributed by atoms with van der Waals surface area (Å²) in [6.45, 7) is 0.926. The first-order valence-electron chi connectivity index (χ1n) is 8.87. The van der Waals surface area contributed by atoms with Crippen LogP contribution in [0.5, 0.6) is 0 Å². The molecule has 1 aromatic carbocycles. The number of fused-ring (bicyclic) bond motifs is 1. The summed E-state index contributed by atoms with van der Waals surface area (Å²) in [7, 11) is 0. The van der Waals surface area contributed by atoms with Crippen LogP contribution in [0.1, 0.15) is 23.2 Å². The third-order valence-electron chi connectivity index (χ3n) is 5.03. The highest BCUT2D eigenvalue weighted by atomic mass is 35.5. The summed E-state index contributed by atoms with van der Waals surface area (Å²) in [6.07, 6.45) is 5.76. The maximum absolute atomic E-state index is 13.1. The molecule has 2 amide bonds. The van der Waals surface area contributed by atoms with E-state index in [1.807, 2.05) is 0 Å². The van der Waals surface area contributed by atoms with Crippen LogP contribution < -0.4 is 5.32 Å². The quantitative estimate of drug-likeness (QED) is 0.875. The van der Waals surface area contributed by atoms with Gasteiger partial charge in [0.05, 0.1) is 24.3 Å². The van der Waals surface area contributed by atoms with Gasteiger partial charge in [0.2, 0.25) is 5.91 Å². The van der Waals surface area contributed by atoms with E-state index in [1.54, 1.807) is 35.4 Å². The zero-order valence-corrected chi connectivity index (χ0v) is 15.3. The van der Waals surface area contributed by atoms with E-state index in [4.69, 9.17) is 16.3 Å². The minimum absolute atomic E-state index is 0.0166. The Bertz CT molecular complexity index is 848. The first-order valence-corrected chi connectivity index (χ1v) is 9.24. The number of nitrogens with one attached hydrogen (secondary N) is 1. The van der Waals surface area contributed by atoms with Crippen molar-refractivity contribution in [2.75, 3.05) is 18.5 Å². The van der Waals surface area contributed by atoms with Crippen molar-refractivity contribution in [1.82, 2.24) is 14.9 Å². The molecular weight excluding hydrogens is 368 g/mol. The number of ether oxygens (including phenoxy) is 1. The first kappa shape index (κ1) is 17.9. The third kappa shape index (κ3) is 3.79. The Hall–Kier alpha value is -2.51. The molecule has 0 radical (unpaired) electrons. The molecule has 0 saturated carbocycles. The number of hydrogen-bond acceptors (Lipinski definition) is 5. The molecule has 1 aromatic heterocycles. The van der Waals surface area contributed by atoms with Gasteiger partial charge in [0.15, 0.2) is 5.82 Å². The molecule has 4 rings (SSSR count). The number of amides is 2. The Morgan fingerprint density at radius 3 is 2.96 bits per heavy atom. The molecule has 3 atom stereocenters. The lowest BCUT2D eigenvalue weighted by atomic mass is 9.89. The standard InChI is InChI=1S/C19H19ClN4O3/c20-14-3-1-2-12(8-14)19(26)24-11-13(9-16-15(24)4-7-27-16)18(25)23-17-10-21-5-6-22-17/h1-3,5-6,8,10,13,15-16H,4,7,9,11H2,(H,22,23,25)/t13-,15+,16+/m0/s1. The van der Waals surface area contributed by atoms with Gasteiger partial charge in [0, 0.05) is 36.1 Å². The van der Waals surface area contributed by atoms with Crippen LogP contribution in [0.25, 0.3) is 0 Å². The normalized spacial score (nSPS) is 24.3. The van der Waals surface area contributed by atoms with Gasteiger partial charge < -0.3 is 15.0 Å². The minimum atomic E-state index is -0.380. The van der Waals surface area contributed by atoms with Crippen LogP contribution in [0.15, 0.2) is 42.9 Å². The number of anilines is 1. The van der Waals surface area contributed by atoms with Crippen LogP contribution in [0.2, 0.25) is 5.02 Å². The van der Waals surface area contributed by atoms with Gasteiger partial charge >= 0.3 is 0 Å². The summed E-state index contributed by atoms with van der Waals surface area (Å²) in [6, 6.07) is 6.85. The molecule has 1 N–H and O–H groups in total. The van der Waals surface area contributed by atoms with Crippen LogP contribution in [-0.4, -0.2) is 52.0 Å². The molecule has 27 heavy (non-hydrogen) atoms. The molecular formula is C19H19ClN4O3. The van der Waals surface area contributed by atoms with Gasteiger partial charge in [-0.25, -0.2) is 4.98 Å². The molecule has 2 fully saturated rings. The maximum atomic E-state index is 13.1. The number of nitrogens with zero attached hydrogens (tertiary/aromatic N) is 3. The maximum Gasteiger partial charge on any atom is 0.254 e. The van der Waals surface area contributed by atoms with Crippen molar-refractivity contribution in [3.63, 3.8) is 0 Å². The number of aromatic nitrogens is 2. The van der Waals surface area contributed by atoms with Crippen molar-refractivity contribution < 1.29 is 14.3 Å². The molecule has 2 aliphatic rings. The van der Waals surface area contributed by atoms with E-state index in [0.717, 1.165) is 6.42 Å². The molecule has 140 valence electrons. The number of likely N-dealkylation sites (tertiary alicyclic amines) is 1. The van der Waals surface area contributed by atoms with E-state index in [-0.39, 0.29) is 29.9 Å². The first-order chi connectivity index (χ1) is 13.1. The van der Waals surface area contributed by atoms with E-state index in [2.05, 4.69) is 15.3 Å². The SMILES string of the molecule is O=C(Nc1cnccn1)[C@H]1C[C@H]2OCC[C@H]2N(C(=O)c2cccc(Cl)c2)C1. The topological polar surface area (TPSA) is 84.4 Å². The number of hydrogen-bond donors (Lipinski definition) is 1. The molecule has 0 bridgehead atoms. The summed E-state index contributed by atoms with van der Waals surface area (Å²) < 4.78 is 5.80. The molecule has 0 aliphatic carbocycles. The van der Waals surface area contributed by atoms with Crippen molar-refractivity contribution in [1.29, 1.82) is 0 Å². The van der Waals surface area contributed by atoms with Crippen molar-refractivity contribution in [3.8, 4) is 0 Å². The molecule has 2 aromatic rings. The lowest BCUT2D eigenvalue weighted by molar-refractivity contribution is -0.123.